The van der Waals surface area contributed by atoms with Gasteiger partial charge in [0, 0.05) is 0 Å². The summed E-state index contributed by atoms with van der Waals surface area (Å²) in [5, 5.41) is 10.5. The normalized spacial score (nSPS) is 12.2. The van der Waals surface area contributed by atoms with Crippen LogP contribution in [0.25, 0.3) is 0 Å². The Hall–Kier alpha value is -1.06. The predicted octanol–water partition coefficient (Wildman–Crippen LogP) is 0.106. The number of esters is 1. The highest BCUT2D eigenvalue weighted by atomic mass is 16.5. The number of carboxylic acid groups (broad SMARTS) is 1. The van der Waals surface area contributed by atoms with Gasteiger partial charge in [-0.05, 0) is 13.3 Å². The van der Waals surface area contributed by atoms with E-state index in [1.807, 2.05) is 6.92 Å². The van der Waals surface area contributed by atoms with Crippen molar-refractivity contribution in [3.8, 4) is 0 Å². The molecule has 0 heterocycles. The van der Waals surface area contributed by atoms with Gasteiger partial charge < -0.3 is 14.6 Å². The molecule has 0 aliphatic heterocycles. The number of carbonyl (C=O) groups is 2. The summed E-state index contributed by atoms with van der Waals surface area (Å²) in [6.45, 7) is 3.77. The highest BCUT2D eigenvalue weighted by molar-refractivity contribution is 5.92. The van der Waals surface area contributed by atoms with Crippen molar-refractivity contribution < 1.29 is 19.4 Å². The van der Waals surface area contributed by atoms with Crippen molar-refractivity contribution >= 4 is 11.9 Å². The number of unbranched alkanes of at least 4 members (excludes halogenated alkanes) is 1. The molecule has 0 aliphatic rings. The van der Waals surface area contributed by atoms with Crippen molar-refractivity contribution in [1.82, 2.24) is 0 Å². The van der Waals surface area contributed by atoms with Gasteiger partial charge in [-0.2, -0.15) is 0 Å². The third kappa shape index (κ3) is 4.50. The van der Waals surface area contributed by atoms with Crippen molar-refractivity contribution in [3.63, 3.8) is 0 Å². The molecular weight excluding hydrogens is 172 g/mol. The minimum absolute atomic E-state index is 0.203. The first-order chi connectivity index (χ1) is 6.13. The van der Waals surface area contributed by atoms with E-state index < -0.39 is 17.9 Å². The SMILES string of the molecule is CCCC[C@H](C(=O)[O-])C(=O)OCC. The average Bonchev–Trinajstić information content (AvgIpc) is 2.05. The van der Waals surface area contributed by atoms with Crippen LogP contribution in [0.1, 0.15) is 33.1 Å². The van der Waals surface area contributed by atoms with Crippen LogP contribution in [0.5, 0.6) is 0 Å². The summed E-state index contributed by atoms with van der Waals surface area (Å²) < 4.78 is 4.60. The van der Waals surface area contributed by atoms with E-state index in [-0.39, 0.29) is 6.61 Å². The summed E-state index contributed by atoms with van der Waals surface area (Å²) in [5.74, 6) is -3.12. The predicted molar refractivity (Wildman–Crippen MR) is 44.7 cm³/mol. The molecule has 0 aromatic rings. The van der Waals surface area contributed by atoms with Gasteiger partial charge in [-0.3, -0.25) is 4.79 Å². The number of aliphatic carboxylic acids is 1. The molecule has 76 valence electrons. The fraction of sp³-hybridized carbons (Fsp3) is 0.778. The zero-order valence-corrected chi connectivity index (χ0v) is 8.04. The van der Waals surface area contributed by atoms with Crippen LogP contribution in [0, 0.1) is 5.92 Å². The molecule has 0 aromatic carbocycles. The smallest absolute Gasteiger partial charge is 0.314 e. The summed E-state index contributed by atoms with van der Waals surface area (Å²) in [5.41, 5.74) is 0. The van der Waals surface area contributed by atoms with Crippen LogP contribution in [-0.4, -0.2) is 18.5 Å². The second kappa shape index (κ2) is 6.46. The lowest BCUT2D eigenvalue weighted by Crippen LogP contribution is -2.37. The van der Waals surface area contributed by atoms with Crippen molar-refractivity contribution in [2.45, 2.75) is 33.1 Å². The Bertz CT molecular complexity index is 176. The third-order valence-corrected chi connectivity index (χ3v) is 1.70. The maximum Gasteiger partial charge on any atom is 0.314 e. The monoisotopic (exact) mass is 187 g/mol. The van der Waals surface area contributed by atoms with Gasteiger partial charge in [0.25, 0.3) is 0 Å². The summed E-state index contributed by atoms with van der Waals surface area (Å²) >= 11 is 0. The van der Waals surface area contributed by atoms with Gasteiger partial charge in [0.15, 0.2) is 0 Å². The van der Waals surface area contributed by atoms with Gasteiger partial charge in [-0.1, -0.05) is 19.8 Å². The van der Waals surface area contributed by atoms with Crippen molar-refractivity contribution in [1.29, 1.82) is 0 Å². The van der Waals surface area contributed by atoms with Crippen LogP contribution in [0.3, 0.4) is 0 Å². The lowest BCUT2D eigenvalue weighted by Gasteiger charge is -2.15. The molecule has 0 N–H and O–H groups in total. The first kappa shape index (κ1) is 11.9. The van der Waals surface area contributed by atoms with E-state index in [2.05, 4.69) is 4.74 Å². The first-order valence-corrected chi connectivity index (χ1v) is 4.50. The summed E-state index contributed by atoms with van der Waals surface area (Å²) in [6.07, 6.45) is 1.85. The van der Waals surface area contributed by atoms with Crippen LogP contribution in [-0.2, 0) is 14.3 Å². The van der Waals surface area contributed by atoms with Crippen molar-refractivity contribution in [2.75, 3.05) is 6.61 Å². The number of carboxylic acids is 1. The van der Waals surface area contributed by atoms with Gasteiger partial charge in [-0.25, -0.2) is 0 Å². The van der Waals surface area contributed by atoms with E-state index in [1.54, 1.807) is 6.92 Å². The van der Waals surface area contributed by atoms with Gasteiger partial charge in [0.1, 0.15) is 0 Å². The molecule has 0 amide bonds. The van der Waals surface area contributed by atoms with Crippen LogP contribution in [0.4, 0.5) is 0 Å². The van der Waals surface area contributed by atoms with Crippen molar-refractivity contribution in [3.05, 3.63) is 0 Å². The molecule has 0 spiro atoms. The molecule has 0 saturated heterocycles. The average molecular weight is 187 g/mol. The van der Waals surface area contributed by atoms with Gasteiger partial charge in [-0.15, -0.1) is 0 Å². The summed E-state index contributed by atoms with van der Waals surface area (Å²) in [7, 11) is 0. The molecule has 0 aromatic heterocycles. The van der Waals surface area contributed by atoms with Crippen LogP contribution in [0.15, 0.2) is 0 Å². The quantitative estimate of drug-likeness (QED) is 0.437. The van der Waals surface area contributed by atoms with E-state index in [1.165, 1.54) is 0 Å². The number of rotatable bonds is 6. The molecular formula is C9H15O4-. The van der Waals surface area contributed by atoms with Crippen LogP contribution >= 0.6 is 0 Å². The zero-order valence-electron chi connectivity index (χ0n) is 8.04. The third-order valence-electron chi connectivity index (χ3n) is 1.70. The van der Waals surface area contributed by atoms with Crippen LogP contribution in [0.2, 0.25) is 0 Å². The second-order valence-corrected chi connectivity index (χ2v) is 2.77. The lowest BCUT2D eigenvalue weighted by atomic mass is 10.0. The minimum atomic E-state index is -1.34. The maximum atomic E-state index is 11.0. The van der Waals surface area contributed by atoms with E-state index >= 15 is 0 Å². The van der Waals surface area contributed by atoms with Gasteiger partial charge in [0.05, 0.1) is 18.5 Å². The van der Waals surface area contributed by atoms with Gasteiger partial charge >= 0.3 is 5.97 Å². The molecule has 0 saturated carbocycles. The zero-order chi connectivity index (χ0) is 10.3. The largest absolute Gasteiger partial charge is 0.549 e. The summed E-state index contributed by atoms with van der Waals surface area (Å²) in [4.78, 5) is 21.6. The Morgan fingerprint density at radius 1 is 1.38 bits per heavy atom. The van der Waals surface area contributed by atoms with E-state index in [4.69, 9.17) is 0 Å². The molecule has 0 rings (SSSR count). The second-order valence-electron chi connectivity index (χ2n) is 2.77. The Morgan fingerprint density at radius 3 is 2.38 bits per heavy atom. The number of carbonyl (C=O) groups excluding carboxylic acids is 2. The van der Waals surface area contributed by atoms with Crippen LogP contribution < -0.4 is 5.11 Å². The fourth-order valence-corrected chi connectivity index (χ4v) is 0.983. The van der Waals surface area contributed by atoms with E-state index in [9.17, 15) is 14.7 Å². The molecule has 0 fully saturated rings. The Morgan fingerprint density at radius 2 is 2.00 bits per heavy atom. The molecule has 0 unspecified atom stereocenters. The number of ether oxygens (including phenoxy) is 1. The Balaban J connectivity index is 4.07. The Kier molecular flexibility index (Phi) is 5.93. The Labute approximate surface area is 77.9 Å². The lowest BCUT2D eigenvalue weighted by molar-refractivity contribution is -0.311. The van der Waals surface area contributed by atoms with E-state index in [0.29, 0.717) is 12.8 Å². The van der Waals surface area contributed by atoms with Crippen molar-refractivity contribution in [2.24, 2.45) is 5.92 Å². The molecule has 13 heavy (non-hydrogen) atoms. The number of hydrogen-bond acceptors (Lipinski definition) is 4. The molecule has 1 atom stereocenters. The molecule has 4 nitrogen and oxygen atoms in total. The van der Waals surface area contributed by atoms with E-state index in [0.717, 1.165) is 6.42 Å². The fourth-order valence-electron chi connectivity index (χ4n) is 0.983. The molecule has 4 heteroatoms. The highest BCUT2D eigenvalue weighted by Crippen LogP contribution is 2.09. The van der Waals surface area contributed by atoms with Gasteiger partial charge in [0.2, 0.25) is 0 Å². The maximum absolute atomic E-state index is 11.0. The summed E-state index contributed by atoms with van der Waals surface area (Å²) in [6, 6.07) is 0. The molecule has 0 radical (unpaired) electrons. The first-order valence-electron chi connectivity index (χ1n) is 4.50. The highest BCUT2D eigenvalue weighted by Gasteiger charge is 2.19. The topological polar surface area (TPSA) is 66.4 Å². The molecule has 0 bridgehead atoms. The standard InChI is InChI=1S/C9H16O4/c1-3-5-6-7(8(10)11)9(12)13-4-2/h7H,3-6H2,1-2H3,(H,10,11)/p-1/t7-/m1/s1. The minimum Gasteiger partial charge on any atom is -0.549 e. The molecule has 0 aliphatic carbocycles. The number of hydrogen-bond donors (Lipinski definition) is 0.